The standard InChI is InChI=1S/C19H18N4O3/c1-3-26-19(25)16(12(2)24)17(13-7-5-4-6-8-13)15(11-22)18(23)14(9-20)10-21/h4-8,15-17H,3,23H2,1-2H3/t15-,16+,17+/m0/s1. The molecule has 0 aliphatic rings. The average molecular weight is 350 g/mol. The number of nitriles is 3. The molecule has 1 rings (SSSR count). The van der Waals surface area contributed by atoms with E-state index in [1.165, 1.54) is 6.92 Å². The normalized spacial score (nSPS) is 13.0. The fourth-order valence-electron chi connectivity index (χ4n) is 2.70. The summed E-state index contributed by atoms with van der Waals surface area (Å²) in [5.41, 5.74) is 5.69. The Hall–Kier alpha value is -3.63. The number of allylic oxidation sites excluding steroid dienone is 2. The van der Waals surface area contributed by atoms with Gasteiger partial charge in [0.05, 0.1) is 24.3 Å². The van der Waals surface area contributed by atoms with Crippen LogP contribution in [0.3, 0.4) is 0 Å². The minimum atomic E-state index is -1.29. The molecular formula is C19H18N4O3. The van der Waals surface area contributed by atoms with Crippen LogP contribution in [0.15, 0.2) is 41.6 Å². The van der Waals surface area contributed by atoms with E-state index in [9.17, 15) is 14.9 Å². The summed E-state index contributed by atoms with van der Waals surface area (Å²) >= 11 is 0. The zero-order valence-electron chi connectivity index (χ0n) is 14.5. The minimum Gasteiger partial charge on any atom is -0.465 e. The van der Waals surface area contributed by atoms with Gasteiger partial charge in [-0.05, 0) is 19.4 Å². The van der Waals surface area contributed by atoms with Gasteiger partial charge in [-0.1, -0.05) is 30.3 Å². The summed E-state index contributed by atoms with van der Waals surface area (Å²) in [4.78, 5) is 24.6. The van der Waals surface area contributed by atoms with E-state index < -0.39 is 35.1 Å². The number of hydrogen-bond donors (Lipinski definition) is 1. The number of ketones is 1. The van der Waals surface area contributed by atoms with Crippen LogP contribution in [-0.4, -0.2) is 18.4 Å². The van der Waals surface area contributed by atoms with Crippen molar-refractivity contribution in [2.24, 2.45) is 17.6 Å². The lowest BCUT2D eigenvalue weighted by molar-refractivity contribution is -0.152. The van der Waals surface area contributed by atoms with Crippen molar-refractivity contribution in [2.75, 3.05) is 6.61 Å². The summed E-state index contributed by atoms with van der Waals surface area (Å²) in [7, 11) is 0. The molecule has 0 bridgehead atoms. The van der Waals surface area contributed by atoms with Crippen molar-refractivity contribution < 1.29 is 14.3 Å². The highest BCUT2D eigenvalue weighted by Gasteiger charge is 2.41. The van der Waals surface area contributed by atoms with Crippen LogP contribution in [0.25, 0.3) is 0 Å². The van der Waals surface area contributed by atoms with Gasteiger partial charge < -0.3 is 10.5 Å². The number of nitrogens with zero attached hydrogens (tertiary/aromatic N) is 3. The molecule has 0 saturated heterocycles. The number of hydrogen-bond acceptors (Lipinski definition) is 7. The summed E-state index contributed by atoms with van der Waals surface area (Å²) in [6.07, 6.45) is 0. The summed E-state index contributed by atoms with van der Waals surface area (Å²) in [6.45, 7) is 2.89. The first kappa shape index (κ1) is 20.4. The fraction of sp³-hybridized carbons (Fsp3) is 0.316. The van der Waals surface area contributed by atoms with Gasteiger partial charge in [-0.25, -0.2) is 0 Å². The topological polar surface area (TPSA) is 141 Å². The van der Waals surface area contributed by atoms with Crippen LogP contribution < -0.4 is 5.73 Å². The molecular weight excluding hydrogens is 332 g/mol. The maximum absolute atomic E-state index is 12.4. The third-order valence-corrected chi connectivity index (χ3v) is 3.87. The third kappa shape index (κ3) is 4.47. The lowest BCUT2D eigenvalue weighted by Gasteiger charge is -2.28. The van der Waals surface area contributed by atoms with E-state index in [-0.39, 0.29) is 12.3 Å². The van der Waals surface area contributed by atoms with Crippen molar-refractivity contribution in [1.82, 2.24) is 0 Å². The molecule has 0 aromatic heterocycles. The molecule has 0 aliphatic heterocycles. The Balaban J connectivity index is 3.66. The fourth-order valence-corrected chi connectivity index (χ4v) is 2.70. The Labute approximate surface area is 151 Å². The molecule has 132 valence electrons. The molecule has 26 heavy (non-hydrogen) atoms. The Morgan fingerprint density at radius 1 is 1.15 bits per heavy atom. The largest absolute Gasteiger partial charge is 0.465 e. The number of esters is 1. The van der Waals surface area contributed by atoms with Crippen molar-refractivity contribution in [3.05, 3.63) is 47.2 Å². The molecule has 7 heteroatoms. The molecule has 7 nitrogen and oxygen atoms in total. The van der Waals surface area contributed by atoms with Gasteiger partial charge >= 0.3 is 5.97 Å². The number of nitrogens with two attached hydrogens (primary N) is 1. The molecule has 2 N–H and O–H groups in total. The molecule has 0 radical (unpaired) electrons. The van der Waals surface area contributed by atoms with E-state index >= 15 is 0 Å². The number of ether oxygens (including phenoxy) is 1. The molecule has 1 aromatic carbocycles. The predicted molar refractivity (Wildman–Crippen MR) is 91.5 cm³/mol. The van der Waals surface area contributed by atoms with Gasteiger partial charge in [0.1, 0.15) is 29.4 Å². The predicted octanol–water partition coefficient (Wildman–Crippen LogP) is 1.94. The van der Waals surface area contributed by atoms with Gasteiger partial charge in [0.15, 0.2) is 0 Å². The van der Waals surface area contributed by atoms with Crippen LogP contribution in [0, 0.1) is 45.8 Å². The first-order valence-corrected chi connectivity index (χ1v) is 7.84. The number of carbonyl (C=O) groups is 2. The van der Waals surface area contributed by atoms with E-state index in [0.29, 0.717) is 5.56 Å². The maximum atomic E-state index is 12.4. The van der Waals surface area contributed by atoms with Crippen LogP contribution in [-0.2, 0) is 14.3 Å². The molecule has 0 saturated carbocycles. The van der Waals surface area contributed by atoms with Gasteiger partial charge in [-0.2, -0.15) is 15.8 Å². The molecule has 0 heterocycles. The zero-order chi connectivity index (χ0) is 19.7. The van der Waals surface area contributed by atoms with Crippen LogP contribution in [0.5, 0.6) is 0 Å². The average Bonchev–Trinajstić information content (AvgIpc) is 2.63. The van der Waals surface area contributed by atoms with Crippen LogP contribution in [0.4, 0.5) is 0 Å². The minimum absolute atomic E-state index is 0.0638. The van der Waals surface area contributed by atoms with E-state index in [0.717, 1.165) is 0 Å². The second-order valence-corrected chi connectivity index (χ2v) is 5.44. The van der Waals surface area contributed by atoms with Crippen LogP contribution in [0.1, 0.15) is 25.3 Å². The number of rotatable bonds is 7. The number of benzene rings is 1. The molecule has 0 unspecified atom stereocenters. The van der Waals surface area contributed by atoms with Crippen molar-refractivity contribution >= 4 is 11.8 Å². The highest BCUT2D eigenvalue weighted by molar-refractivity contribution is 5.99. The van der Waals surface area contributed by atoms with Crippen molar-refractivity contribution in [1.29, 1.82) is 15.8 Å². The molecule has 0 spiro atoms. The Bertz CT molecular complexity index is 809. The lowest BCUT2D eigenvalue weighted by atomic mass is 9.74. The van der Waals surface area contributed by atoms with Crippen LogP contribution in [0.2, 0.25) is 0 Å². The van der Waals surface area contributed by atoms with Gasteiger partial charge in [-0.3, -0.25) is 9.59 Å². The van der Waals surface area contributed by atoms with Gasteiger partial charge in [-0.15, -0.1) is 0 Å². The smallest absolute Gasteiger partial charge is 0.317 e. The first-order valence-electron chi connectivity index (χ1n) is 7.84. The summed E-state index contributed by atoms with van der Waals surface area (Å²) in [6, 6.07) is 13.6. The molecule has 1 aromatic rings. The first-order chi connectivity index (χ1) is 12.4. The van der Waals surface area contributed by atoms with Crippen molar-refractivity contribution in [3.8, 4) is 18.2 Å². The van der Waals surface area contributed by atoms with Gasteiger partial charge in [0.25, 0.3) is 0 Å². The second-order valence-electron chi connectivity index (χ2n) is 5.44. The summed E-state index contributed by atoms with van der Waals surface area (Å²) in [5, 5.41) is 27.8. The summed E-state index contributed by atoms with van der Waals surface area (Å²) < 4.78 is 5.00. The Kier molecular flexibility index (Phi) is 7.55. The maximum Gasteiger partial charge on any atom is 0.317 e. The van der Waals surface area contributed by atoms with Gasteiger partial charge in [0.2, 0.25) is 0 Å². The van der Waals surface area contributed by atoms with Crippen molar-refractivity contribution in [2.45, 2.75) is 19.8 Å². The van der Waals surface area contributed by atoms with Gasteiger partial charge in [0, 0.05) is 5.92 Å². The van der Waals surface area contributed by atoms with E-state index in [1.54, 1.807) is 49.4 Å². The molecule has 0 amide bonds. The molecule has 0 fully saturated rings. The Morgan fingerprint density at radius 2 is 1.73 bits per heavy atom. The second kappa shape index (κ2) is 9.61. The summed E-state index contributed by atoms with van der Waals surface area (Å²) in [5.74, 6) is -4.79. The van der Waals surface area contributed by atoms with E-state index in [1.807, 2.05) is 6.07 Å². The number of Topliss-reactive ketones (excluding diaryl/α,β-unsaturated/α-hetero) is 1. The molecule has 0 aliphatic carbocycles. The highest BCUT2D eigenvalue weighted by atomic mass is 16.5. The van der Waals surface area contributed by atoms with Crippen LogP contribution >= 0.6 is 0 Å². The molecule has 3 atom stereocenters. The van der Waals surface area contributed by atoms with E-state index in [4.69, 9.17) is 21.0 Å². The number of carbonyl (C=O) groups excluding carboxylic acids is 2. The van der Waals surface area contributed by atoms with Crippen molar-refractivity contribution in [3.63, 3.8) is 0 Å². The SMILES string of the molecule is CCOC(=O)[C@H](C(C)=O)[C@H](c1ccccc1)[C@H](C#N)C(N)=C(C#N)C#N. The third-order valence-electron chi connectivity index (χ3n) is 3.87. The lowest BCUT2D eigenvalue weighted by Crippen LogP contribution is -2.36. The quantitative estimate of drug-likeness (QED) is 0.450. The van der Waals surface area contributed by atoms with E-state index in [2.05, 4.69) is 0 Å². The zero-order valence-corrected chi connectivity index (χ0v) is 14.5. The monoisotopic (exact) mass is 350 g/mol. The Morgan fingerprint density at radius 3 is 2.15 bits per heavy atom. The highest BCUT2D eigenvalue weighted by Crippen LogP contribution is 2.37.